The van der Waals surface area contributed by atoms with Gasteiger partial charge in [-0.15, -0.1) is 0 Å². The van der Waals surface area contributed by atoms with Gasteiger partial charge < -0.3 is 9.88 Å². The normalized spacial score (nSPS) is 14.8. The molecule has 0 unspecified atom stereocenters. The van der Waals surface area contributed by atoms with E-state index in [4.69, 9.17) is 23.2 Å². The Hall–Kier alpha value is -3.09. The molecule has 192 valence electrons. The molecule has 2 aromatic carbocycles. The summed E-state index contributed by atoms with van der Waals surface area (Å²) in [7, 11) is -3.65. The Bertz CT molecular complexity index is 1510. The number of hydrogen-bond donors (Lipinski definition) is 1. The van der Waals surface area contributed by atoms with Gasteiger partial charge in [0.1, 0.15) is 11.6 Å². The van der Waals surface area contributed by atoms with Gasteiger partial charge in [-0.2, -0.15) is 9.57 Å². The van der Waals surface area contributed by atoms with Gasteiger partial charge in [-0.1, -0.05) is 35.7 Å². The lowest BCUT2D eigenvalue weighted by molar-refractivity contribution is -0.112. The van der Waals surface area contributed by atoms with Gasteiger partial charge in [0, 0.05) is 45.9 Å². The van der Waals surface area contributed by atoms with Crippen LogP contribution >= 0.6 is 23.2 Å². The van der Waals surface area contributed by atoms with E-state index in [1.54, 1.807) is 30.3 Å². The molecule has 0 bridgehead atoms. The van der Waals surface area contributed by atoms with Gasteiger partial charge in [0.05, 0.1) is 4.90 Å². The van der Waals surface area contributed by atoms with Crippen molar-refractivity contribution in [2.24, 2.45) is 0 Å². The van der Waals surface area contributed by atoms with Crippen molar-refractivity contribution in [3.8, 4) is 11.8 Å². The molecule has 10 heteroatoms. The maximum atomic E-state index is 13.0. The van der Waals surface area contributed by atoms with Crippen LogP contribution in [0, 0.1) is 25.2 Å². The summed E-state index contributed by atoms with van der Waals surface area (Å²) in [4.78, 5) is 13.1. The average Bonchev–Trinajstić information content (AvgIpc) is 3.14. The van der Waals surface area contributed by atoms with Gasteiger partial charge in [-0.25, -0.2) is 8.42 Å². The highest BCUT2D eigenvalue weighted by atomic mass is 35.5. The van der Waals surface area contributed by atoms with Crippen LogP contribution in [0.2, 0.25) is 10.0 Å². The van der Waals surface area contributed by atoms with Crippen molar-refractivity contribution in [2.75, 3.05) is 18.4 Å². The number of amides is 1. The minimum absolute atomic E-state index is 0.110. The first-order valence-corrected chi connectivity index (χ1v) is 14.0. The molecule has 1 aromatic heterocycles. The third-order valence-electron chi connectivity index (χ3n) is 6.29. The molecule has 0 aliphatic carbocycles. The van der Waals surface area contributed by atoms with E-state index in [1.165, 1.54) is 22.5 Å². The number of carbonyl (C=O) groups is 1. The van der Waals surface area contributed by atoms with Crippen molar-refractivity contribution < 1.29 is 13.2 Å². The number of carbonyl (C=O) groups excluding carboxylic acids is 1. The molecule has 1 saturated heterocycles. The van der Waals surface area contributed by atoms with E-state index >= 15 is 0 Å². The Morgan fingerprint density at radius 1 is 1.03 bits per heavy atom. The number of benzene rings is 2. The van der Waals surface area contributed by atoms with Gasteiger partial charge in [0.15, 0.2) is 0 Å². The summed E-state index contributed by atoms with van der Waals surface area (Å²) in [6.07, 6.45) is 4.18. The third-order valence-corrected chi connectivity index (χ3v) is 8.62. The van der Waals surface area contributed by atoms with Crippen LogP contribution in [0.15, 0.2) is 59.0 Å². The Morgan fingerprint density at radius 2 is 1.70 bits per heavy atom. The topological polar surface area (TPSA) is 95.2 Å². The summed E-state index contributed by atoms with van der Waals surface area (Å²) in [5.74, 6) is -0.634. The molecule has 0 saturated carbocycles. The van der Waals surface area contributed by atoms with Gasteiger partial charge in [0.25, 0.3) is 5.91 Å². The molecule has 1 N–H and O–H groups in total. The Balaban J connectivity index is 1.59. The Labute approximate surface area is 227 Å². The van der Waals surface area contributed by atoms with E-state index in [1.807, 2.05) is 30.6 Å². The second-order valence-electron chi connectivity index (χ2n) is 8.91. The van der Waals surface area contributed by atoms with Crippen LogP contribution in [0.4, 0.5) is 5.69 Å². The lowest BCUT2D eigenvalue weighted by Crippen LogP contribution is -2.35. The molecule has 7 nitrogen and oxygen atoms in total. The summed E-state index contributed by atoms with van der Waals surface area (Å²) in [6.45, 7) is 4.75. The summed E-state index contributed by atoms with van der Waals surface area (Å²) in [5, 5.41) is 13.4. The fraction of sp³-hybridized carbons (Fsp3) is 0.259. The zero-order chi connectivity index (χ0) is 26.7. The van der Waals surface area contributed by atoms with Crippen molar-refractivity contribution in [2.45, 2.75) is 38.0 Å². The largest absolute Gasteiger partial charge is 0.321 e. The van der Waals surface area contributed by atoms with E-state index < -0.39 is 15.9 Å². The highest BCUT2D eigenvalue weighted by molar-refractivity contribution is 7.89. The summed E-state index contributed by atoms with van der Waals surface area (Å²) in [5.41, 5.74) is 3.29. The predicted molar refractivity (Wildman–Crippen MR) is 147 cm³/mol. The van der Waals surface area contributed by atoms with Crippen molar-refractivity contribution in [1.29, 1.82) is 5.26 Å². The average molecular weight is 558 g/mol. The first kappa shape index (κ1) is 27.0. The third kappa shape index (κ3) is 5.91. The number of aryl methyl sites for hydroxylation is 1. The van der Waals surface area contributed by atoms with Crippen LogP contribution in [0.5, 0.6) is 0 Å². The zero-order valence-electron chi connectivity index (χ0n) is 20.5. The van der Waals surface area contributed by atoms with Crippen LogP contribution < -0.4 is 5.32 Å². The van der Waals surface area contributed by atoms with Crippen LogP contribution in [0.3, 0.4) is 0 Å². The molecule has 1 aliphatic rings. The van der Waals surface area contributed by atoms with E-state index in [2.05, 4.69) is 5.32 Å². The zero-order valence-corrected chi connectivity index (χ0v) is 22.8. The molecule has 2 heterocycles. The molecule has 0 radical (unpaired) electrons. The summed E-state index contributed by atoms with van der Waals surface area (Å²) >= 11 is 12.3. The molecule has 4 rings (SSSR count). The fourth-order valence-electron chi connectivity index (χ4n) is 4.49. The highest BCUT2D eigenvalue weighted by Crippen LogP contribution is 2.28. The standard InChI is InChI=1S/C27H26Cl2N4O3S/c1-18-11-20(19(2)33(18)25-14-22(28)13-23(29)15-25)12-21(17-30)27(34)31-24-7-6-8-26(16-24)37(35,36)32-9-4-3-5-10-32/h6-8,11-16H,3-5,9-10H2,1-2H3,(H,31,34). The van der Waals surface area contributed by atoms with Crippen LogP contribution in [-0.2, 0) is 14.8 Å². The number of piperidine rings is 1. The molecule has 1 aliphatic heterocycles. The van der Waals surface area contributed by atoms with Crippen LogP contribution in [-0.4, -0.2) is 36.3 Å². The van der Waals surface area contributed by atoms with Crippen LogP contribution in [0.25, 0.3) is 11.8 Å². The van der Waals surface area contributed by atoms with Crippen molar-refractivity contribution in [3.63, 3.8) is 0 Å². The number of nitriles is 1. The van der Waals surface area contributed by atoms with Gasteiger partial charge in [-0.3, -0.25) is 4.79 Å². The second kappa shape index (κ2) is 11.1. The molecule has 0 spiro atoms. The number of halogens is 2. The minimum atomic E-state index is -3.65. The maximum absolute atomic E-state index is 13.0. The molecule has 1 fully saturated rings. The number of nitrogens with one attached hydrogen (secondary N) is 1. The van der Waals surface area contributed by atoms with Crippen LogP contribution in [0.1, 0.15) is 36.2 Å². The number of aromatic nitrogens is 1. The lowest BCUT2D eigenvalue weighted by Gasteiger charge is -2.26. The SMILES string of the molecule is Cc1cc(C=C(C#N)C(=O)Nc2cccc(S(=O)(=O)N3CCCCC3)c2)c(C)n1-c1cc(Cl)cc(Cl)c1. The fourth-order valence-corrected chi connectivity index (χ4v) is 6.57. The second-order valence-corrected chi connectivity index (χ2v) is 11.7. The quantitative estimate of drug-likeness (QED) is 0.292. The maximum Gasteiger partial charge on any atom is 0.266 e. The molecular formula is C27H26Cl2N4O3S. The summed E-state index contributed by atoms with van der Waals surface area (Å²) < 4.78 is 29.4. The molecule has 3 aromatic rings. The first-order valence-electron chi connectivity index (χ1n) is 11.8. The number of nitrogens with zero attached hydrogens (tertiary/aromatic N) is 3. The summed E-state index contributed by atoms with van der Waals surface area (Å²) in [6, 6.07) is 15.1. The number of hydrogen-bond acceptors (Lipinski definition) is 4. The van der Waals surface area contributed by atoms with E-state index in [0.29, 0.717) is 34.4 Å². The predicted octanol–water partition coefficient (Wildman–Crippen LogP) is 6.12. The lowest BCUT2D eigenvalue weighted by atomic mass is 10.1. The molecule has 0 atom stereocenters. The first-order chi connectivity index (χ1) is 17.6. The van der Waals surface area contributed by atoms with Gasteiger partial charge >= 0.3 is 0 Å². The minimum Gasteiger partial charge on any atom is -0.321 e. The number of anilines is 1. The Morgan fingerprint density at radius 3 is 2.35 bits per heavy atom. The van der Waals surface area contributed by atoms with Crippen molar-refractivity contribution in [3.05, 3.63) is 81.1 Å². The highest BCUT2D eigenvalue weighted by Gasteiger charge is 2.26. The van der Waals surface area contributed by atoms with Gasteiger partial charge in [-0.05, 0) is 80.8 Å². The van der Waals surface area contributed by atoms with Crippen molar-refractivity contribution in [1.82, 2.24) is 8.87 Å². The smallest absolute Gasteiger partial charge is 0.266 e. The van der Waals surface area contributed by atoms with Gasteiger partial charge in [0.2, 0.25) is 10.0 Å². The molecular weight excluding hydrogens is 531 g/mol. The van der Waals surface area contributed by atoms with E-state index in [-0.39, 0.29) is 10.5 Å². The van der Waals surface area contributed by atoms with Crippen molar-refractivity contribution >= 4 is 50.9 Å². The monoisotopic (exact) mass is 556 g/mol. The molecule has 37 heavy (non-hydrogen) atoms. The van der Waals surface area contributed by atoms with E-state index in [0.717, 1.165) is 36.3 Å². The number of rotatable bonds is 6. The number of sulfonamides is 1. The molecule has 1 amide bonds. The van der Waals surface area contributed by atoms with E-state index in [9.17, 15) is 18.5 Å². The Kier molecular flexibility index (Phi) is 8.10.